The molecule has 1 fully saturated rings. The van der Waals surface area contributed by atoms with Crippen molar-refractivity contribution >= 4 is 5.97 Å². The summed E-state index contributed by atoms with van der Waals surface area (Å²) in [6.45, 7) is 4.41. The van der Waals surface area contributed by atoms with Crippen LogP contribution in [0.1, 0.15) is 206 Å². The number of aliphatic hydroxyl groups is 4. The summed E-state index contributed by atoms with van der Waals surface area (Å²) in [5.41, 5.74) is 0. The number of carbonyl (C=O) groups excluding carboxylic acids is 1. The van der Waals surface area contributed by atoms with Crippen LogP contribution >= 0.6 is 0 Å². The minimum absolute atomic E-state index is 0.123. The number of aliphatic hydroxyl groups excluding tert-OH is 4. The minimum atomic E-state index is -1.54. The number of hydrogen-bond donors (Lipinski definition) is 4. The van der Waals surface area contributed by atoms with Crippen LogP contribution in [-0.2, 0) is 23.7 Å². The average Bonchev–Trinajstić information content (AvgIpc) is 3.25. The molecule has 0 aromatic carbocycles. The zero-order chi connectivity index (χ0) is 43.6. The summed E-state index contributed by atoms with van der Waals surface area (Å²) < 4.78 is 22.8. The summed E-state index contributed by atoms with van der Waals surface area (Å²) in [5, 5.41) is 40.2. The molecule has 0 bridgehead atoms. The predicted molar refractivity (Wildman–Crippen MR) is 247 cm³/mol. The molecule has 6 atom stereocenters. The first kappa shape index (κ1) is 56.2. The molecule has 350 valence electrons. The number of rotatable bonds is 42. The summed E-state index contributed by atoms with van der Waals surface area (Å²) in [7, 11) is 0. The van der Waals surface area contributed by atoms with Gasteiger partial charge in [-0.3, -0.25) is 4.79 Å². The highest BCUT2D eigenvalue weighted by Crippen LogP contribution is 2.23. The number of allylic oxidation sites excluding steroid dienone is 8. The predicted octanol–water partition coefficient (Wildman–Crippen LogP) is 11.7. The Morgan fingerprint density at radius 2 is 1.02 bits per heavy atom. The molecule has 0 radical (unpaired) electrons. The third kappa shape index (κ3) is 32.8. The van der Waals surface area contributed by atoms with Crippen molar-refractivity contribution in [1.29, 1.82) is 0 Å². The second kappa shape index (κ2) is 42.5. The first-order valence-electron chi connectivity index (χ1n) is 24.7. The maximum Gasteiger partial charge on any atom is 0.306 e. The summed E-state index contributed by atoms with van der Waals surface area (Å²) in [4.78, 5) is 12.8. The van der Waals surface area contributed by atoms with Crippen LogP contribution in [0, 0.1) is 0 Å². The van der Waals surface area contributed by atoms with Crippen molar-refractivity contribution in [1.82, 2.24) is 0 Å². The Balaban J connectivity index is 2.20. The van der Waals surface area contributed by atoms with Gasteiger partial charge in [0, 0.05) is 13.0 Å². The van der Waals surface area contributed by atoms with Gasteiger partial charge in [-0.1, -0.05) is 178 Å². The molecule has 0 aliphatic carbocycles. The molecule has 1 rings (SSSR count). The molecule has 9 nitrogen and oxygen atoms in total. The maximum absolute atomic E-state index is 12.8. The van der Waals surface area contributed by atoms with Crippen LogP contribution in [0.4, 0.5) is 0 Å². The fourth-order valence-electron chi connectivity index (χ4n) is 7.38. The van der Waals surface area contributed by atoms with E-state index in [-0.39, 0.29) is 19.2 Å². The van der Waals surface area contributed by atoms with E-state index >= 15 is 0 Å². The fourth-order valence-corrected chi connectivity index (χ4v) is 7.38. The molecule has 0 spiro atoms. The summed E-state index contributed by atoms with van der Waals surface area (Å²) in [6.07, 6.45) is 45.8. The van der Waals surface area contributed by atoms with Crippen LogP contribution in [0.15, 0.2) is 48.6 Å². The number of carbonyl (C=O) groups is 1. The lowest BCUT2D eigenvalue weighted by Gasteiger charge is -2.39. The Bertz CT molecular complexity index is 1060. The van der Waals surface area contributed by atoms with Gasteiger partial charge >= 0.3 is 5.97 Å². The van der Waals surface area contributed by atoms with Gasteiger partial charge < -0.3 is 39.4 Å². The number of ether oxygens (including phenoxy) is 4. The highest BCUT2D eigenvalue weighted by molar-refractivity contribution is 5.69. The van der Waals surface area contributed by atoms with E-state index in [1.54, 1.807) is 0 Å². The van der Waals surface area contributed by atoms with Crippen LogP contribution in [0.3, 0.4) is 0 Å². The number of unbranched alkanes of at least 4 members (excludes halogenated alkanes) is 23. The van der Waals surface area contributed by atoms with Crippen molar-refractivity contribution in [3.05, 3.63) is 48.6 Å². The lowest BCUT2D eigenvalue weighted by molar-refractivity contribution is -0.305. The lowest BCUT2D eigenvalue weighted by atomic mass is 9.99. The standard InChI is InChI=1S/C51H92O9/c1-3-5-7-9-11-13-15-17-19-20-21-22-23-24-25-26-27-28-30-32-34-36-38-40-47(53)59-45(44-58-51-50(56)49(55)48(54)46(42-52)60-51)43-57-41-39-37-35-33-31-29-18-16-14-12-10-8-6-4-2/h6,8,12,14,18,20-21,29,45-46,48-52,54-56H,3-5,7,9-11,13,15-17,19,22-28,30-44H2,1-2H3/b8-6-,14-12-,21-20-,29-18-. The van der Waals surface area contributed by atoms with E-state index in [0.717, 1.165) is 70.6 Å². The Kier molecular flexibility index (Phi) is 39.7. The average molecular weight is 849 g/mol. The second-order valence-electron chi connectivity index (χ2n) is 16.9. The van der Waals surface area contributed by atoms with Crippen molar-refractivity contribution in [2.45, 2.75) is 243 Å². The summed E-state index contributed by atoms with van der Waals surface area (Å²) in [6, 6.07) is 0. The zero-order valence-corrected chi connectivity index (χ0v) is 38.5. The number of hydrogen-bond acceptors (Lipinski definition) is 9. The molecule has 1 heterocycles. The first-order valence-corrected chi connectivity index (χ1v) is 24.7. The van der Waals surface area contributed by atoms with Crippen molar-refractivity contribution in [3.63, 3.8) is 0 Å². The Hall–Kier alpha value is -1.85. The van der Waals surface area contributed by atoms with Gasteiger partial charge in [0.2, 0.25) is 0 Å². The van der Waals surface area contributed by atoms with Gasteiger partial charge in [-0.05, 0) is 70.6 Å². The largest absolute Gasteiger partial charge is 0.457 e. The fraction of sp³-hybridized carbons (Fsp3) is 0.824. The first-order chi connectivity index (χ1) is 29.4. The molecule has 0 saturated carbocycles. The highest BCUT2D eigenvalue weighted by atomic mass is 16.7. The van der Waals surface area contributed by atoms with Gasteiger partial charge in [0.05, 0.1) is 19.8 Å². The van der Waals surface area contributed by atoms with Crippen LogP contribution in [0.2, 0.25) is 0 Å². The van der Waals surface area contributed by atoms with E-state index in [4.69, 9.17) is 18.9 Å². The summed E-state index contributed by atoms with van der Waals surface area (Å²) >= 11 is 0. The van der Waals surface area contributed by atoms with Crippen LogP contribution in [0.25, 0.3) is 0 Å². The van der Waals surface area contributed by atoms with Crippen molar-refractivity contribution in [2.24, 2.45) is 0 Å². The zero-order valence-electron chi connectivity index (χ0n) is 38.5. The van der Waals surface area contributed by atoms with E-state index < -0.39 is 43.4 Å². The summed E-state index contributed by atoms with van der Waals surface area (Å²) in [5.74, 6) is -0.322. The van der Waals surface area contributed by atoms with Crippen LogP contribution < -0.4 is 0 Å². The quantitative estimate of drug-likeness (QED) is 0.0269. The van der Waals surface area contributed by atoms with Crippen LogP contribution in [-0.4, -0.2) is 89.6 Å². The topological polar surface area (TPSA) is 135 Å². The van der Waals surface area contributed by atoms with Gasteiger partial charge in [0.15, 0.2) is 6.29 Å². The molecule has 6 unspecified atom stereocenters. The van der Waals surface area contributed by atoms with Gasteiger partial charge in [-0.15, -0.1) is 0 Å². The van der Waals surface area contributed by atoms with Gasteiger partial charge in [-0.2, -0.15) is 0 Å². The molecule has 1 aliphatic heterocycles. The monoisotopic (exact) mass is 849 g/mol. The molecule has 60 heavy (non-hydrogen) atoms. The van der Waals surface area contributed by atoms with Crippen molar-refractivity contribution in [3.8, 4) is 0 Å². The molecular weight excluding hydrogens is 757 g/mol. The van der Waals surface area contributed by atoms with E-state index in [1.165, 1.54) is 116 Å². The molecule has 0 aromatic heterocycles. The molecule has 1 saturated heterocycles. The minimum Gasteiger partial charge on any atom is -0.457 e. The molecule has 1 aliphatic rings. The molecule has 9 heteroatoms. The lowest BCUT2D eigenvalue weighted by Crippen LogP contribution is -2.59. The molecule has 0 amide bonds. The Labute approximate surface area is 367 Å². The molecule has 4 N–H and O–H groups in total. The Morgan fingerprint density at radius 1 is 0.550 bits per heavy atom. The Morgan fingerprint density at radius 3 is 1.55 bits per heavy atom. The van der Waals surface area contributed by atoms with Gasteiger partial charge in [0.25, 0.3) is 0 Å². The van der Waals surface area contributed by atoms with Crippen molar-refractivity contribution in [2.75, 3.05) is 26.4 Å². The van der Waals surface area contributed by atoms with Gasteiger partial charge in [0.1, 0.15) is 30.5 Å². The van der Waals surface area contributed by atoms with E-state index in [2.05, 4.69) is 62.5 Å². The van der Waals surface area contributed by atoms with E-state index in [9.17, 15) is 25.2 Å². The maximum atomic E-state index is 12.8. The van der Waals surface area contributed by atoms with Crippen molar-refractivity contribution < 1.29 is 44.2 Å². The normalized spacial score (nSPS) is 20.4. The molecule has 0 aromatic rings. The van der Waals surface area contributed by atoms with Crippen LogP contribution in [0.5, 0.6) is 0 Å². The number of esters is 1. The third-order valence-electron chi connectivity index (χ3n) is 11.2. The van der Waals surface area contributed by atoms with Gasteiger partial charge in [-0.25, -0.2) is 0 Å². The second-order valence-corrected chi connectivity index (χ2v) is 16.9. The van der Waals surface area contributed by atoms with E-state index in [1.807, 2.05) is 0 Å². The SMILES string of the molecule is CC/C=C\C/C=C\C/C=C\CCCCCCOCC(COC1OC(CO)C(O)C(O)C1O)OC(=O)CCCCCCCCCCCCC/C=C\CCCCCCCCCC. The van der Waals surface area contributed by atoms with E-state index in [0.29, 0.717) is 13.0 Å². The third-order valence-corrected chi connectivity index (χ3v) is 11.2. The smallest absolute Gasteiger partial charge is 0.306 e. The molecular formula is C51H92O9. The highest BCUT2D eigenvalue weighted by Gasteiger charge is 2.44.